The predicted molar refractivity (Wildman–Crippen MR) is 127 cm³/mol. The van der Waals surface area contributed by atoms with Crippen LogP contribution in [0.4, 0.5) is 61.9 Å². The Kier molecular flexibility index (Phi) is 5.13. The Morgan fingerprint density at radius 3 is 1.27 bits per heavy atom. The van der Waals surface area contributed by atoms with Gasteiger partial charge in [0.1, 0.15) is 9.79 Å². The van der Waals surface area contributed by atoms with Crippen LogP contribution in [-0.2, 0) is 0 Å². The van der Waals surface area contributed by atoms with Gasteiger partial charge in [0, 0.05) is 16.4 Å². The lowest BCUT2D eigenvalue weighted by molar-refractivity contribution is 0.360. The maximum Gasteiger partial charge on any atom is 0.310 e. The van der Waals surface area contributed by atoms with Crippen LogP contribution in [0.3, 0.4) is 0 Å². The number of rotatable bonds is 6. The summed E-state index contributed by atoms with van der Waals surface area (Å²) in [6.07, 6.45) is 0. The number of hydrogen-bond donors (Lipinski definition) is 2. The van der Waals surface area contributed by atoms with E-state index in [9.17, 15) is 38.9 Å². The van der Waals surface area contributed by atoms with Gasteiger partial charge in [0.05, 0.1) is 11.0 Å². The second kappa shape index (κ2) is 7.05. The molecule has 0 aliphatic rings. The molecule has 4 aromatic rings. The Morgan fingerprint density at radius 2 is 0.892 bits per heavy atom. The number of fused-ring (bicyclic) bond motifs is 1. The fourth-order valence-electron chi connectivity index (χ4n) is 3.07. The normalized spacial score (nSPS) is 16.3. The molecule has 4 rings (SSSR count). The number of aromatic nitrogens is 2. The van der Waals surface area contributed by atoms with E-state index in [4.69, 9.17) is 11.6 Å². The van der Waals surface area contributed by atoms with Crippen molar-refractivity contribution in [2.24, 2.45) is 0 Å². The summed E-state index contributed by atoms with van der Waals surface area (Å²) in [5, 5.41) is 5.42. The van der Waals surface area contributed by atoms with Gasteiger partial charge in [0.2, 0.25) is 0 Å². The minimum absolute atomic E-state index is 0.118. The summed E-state index contributed by atoms with van der Waals surface area (Å²) in [7, 11) is -19.8. The molecule has 0 fully saturated rings. The third-order valence-electron chi connectivity index (χ3n) is 4.75. The Hall–Kier alpha value is -3.11. The predicted octanol–water partition coefficient (Wildman–Crippen LogP) is 11.1. The summed E-state index contributed by atoms with van der Waals surface area (Å²) in [5.41, 5.74) is 0.186. The minimum atomic E-state index is -9.91. The summed E-state index contributed by atoms with van der Waals surface area (Å²) in [4.78, 5) is 4.22. The molecule has 0 radical (unpaired) electrons. The SMILES string of the molecule is FS(F)(F)(F)(F)c1ccc(Nc2nc3ccc(Cl)cc3nc2Nc2ccc(S(F)(F)(F)(F)F)cc2)cc1. The van der Waals surface area contributed by atoms with Gasteiger partial charge in [0.25, 0.3) is 0 Å². The highest BCUT2D eigenvalue weighted by atomic mass is 35.5. The van der Waals surface area contributed by atoms with Crippen LogP contribution in [0.15, 0.2) is 76.5 Å². The first-order valence-corrected chi connectivity index (χ1v) is 13.9. The molecule has 3 aromatic carbocycles. The Morgan fingerprint density at radius 1 is 0.514 bits per heavy atom. The maximum absolute atomic E-state index is 13.0. The molecular weight excluding hydrogens is 586 g/mol. The van der Waals surface area contributed by atoms with Crippen LogP contribution in [-0.4, -0.2) is 9.97 Å². The van der Waals surface area contributed by atoms with Gasteiger partial charge in [-0.1, -0.05) is 50.5 Å². The molecule has 0 saturated carbocycles. The molecule has 4 nitrogen and oxygen atoms in total. The van der Waals surface area contributed by atoms with Gasteiger partial charge in [-0.25, -0.2) is 9.97 Å². The molecule has 17 heteroatoms. The average Bonchev–Trinajstić information content (AvgIpc) is 2.72. The van der Waals surface area contributed by atoms with Gasteiger partial charge in [-0.3, -0.25) is 0 Å². The Labute approximate surface area is 207 Å². The zero-order valence-electron chi connectivity index (χ0n) is 17.7. The van der Waals surface area contributed by atoms with Gasteiger partial charge in [-0.2, -0.15) is 0 Å². The molecule has 0 aliphatic heterocycles. The summed E-state index contributed by atoms with van der Waals surface area (Å²) in [6.45, 7) is 0. The second-order valence-electron chi connectivity index (χ2n) is 7.79. The first-order chi connectivity index (χ1) is 16.5. The fraction of sp³-hybridized carbons (Fsp3) is 0. The maximum atomic E-state index is 13.0. The van der Waals surface area contributed by atoms with Gasteiger partial charge in [-0.05, 0) is 66.7 Å². The van der Waals surface area contributed by atoms with Crippen molar-refractivity contribution < 1.29 is 38.9 Å². The fourth-order valence-corrected chi connectivity index (χ4v) is 4.53. The molecule has 0 atom stereocenters. The van der Waals surface area contributed by atoms with E-state index in [0.717, 1.165) is 0 Å². The molecule has 0 saturated heterocycles. The average molecular weight is 599 g/mol. The highest BCUT2D eigenvalue weighted by Crippen LogP contribution is 3.02. The van der Waals surface area contributed by atoms with Crippen LogP contribution in [0.1, 0.15) is 0 Å². The molecule has 0 spiro atoms. The molecule has 202 valence electrons. The molecule has 0 unspecified atom stereocenters. The van der Waals surface area contributed by atoms with Crippen LogP contribution in [0, 0.1) is 0 Å². The molecule has 1 aromatic heterocycles. The van der Waals surface area contributed by atoms with E-state index in [1.807, 2.05) is 0 Å². The first kappa shape index (κ1) is 26.9. The molecule has 0 amide bonds. The van der Waals surface area contributed by atoms with Crippen LogP contribution in [0.5, 0.6) is 0 Å². The number of nitrogens with zero attached hydrogens (tertiary/aromatic N) is 2. The van der Waals surface area contributed by atoms with Crippen molar-refractivity contribution in [2.45, 2.75) is 9.79 Å². The molecule has 0 bridgehead atoms. The lowest BCUT2D eigenvalue weighted by atomic mass is 10.2. The van der Waals surface area contributed by atoms with Crippen molar-refractivity contribution in [3.63, 3.8) is 0 Å². The first-order valence-electron chi connectivity index (χ1n) is 9.67. The van der Waals surface area contributed by atoms with Crippen molar-refractivity contribution in [1.29, 1.82) is 0 Å². The van der Waals surface area contributed by atoms with Crippen molar-refractivity contribution in [1.82, 2.24) is 9.97 Å². The topological polar surface area (TPSA) is 49.8 Å². The van der Waals surface area contributed by atoms with E-state index in [-0.39, 0.29) is 63.3 Å². The molecule has 0 aliphatic carbocycles. The highest BCUT2D eigenvalue weighted by Gasteiger charge is 2.66. The number of hydrogen-bond acceptors (Lipinski definition) is 4. The second-order valence-corrected chi connectivity index (χ2v) is 13.0. The van der Waals surface area contributed by atoms with Gasteiger partial charge in [0.15, 0.2) is 11.6 Å². The van der Waals surface area contributed by atoms with Crippen LogP contribution < -0.4 is 10.6 Å². The van der Waals surface area contributed by atoms with E-state index < -0.39 is 30.2 Å². The van der Waals surface area contributed by atoms with Crippen molar-refractivity contribution in [3.8, 4) is 0 Å². The zero-order valence-corrected chi connectivity index (χ0v) is 20.1. The van der Waals surface area contributed by atoms with E-state index >= 15 is 0 Å². The number of nitrogens with one attached hydrogen (secondary N) is 2. The number of benzene rings is 3. The monoisotopic (exact) mass is 598 g/mol. The zero-order chi connectivity index (χ0) is 27.6. The van der Waals surface area contributed by atoms with Crippen molar-refractivity contribution in [2.75, 3.05) is 10.6 Å². The van der Waals surface area contributed by atoms with E-state index in [1.54, 1.807) is 0 Å². The number of anilines is 4. The summed E-state index contributed by atoms with van der Waals surface area (Å²) in [5.74, 6) is -0.363. The third kappa shape index (κ3) is 6.42. The smallest absolute Gasteiger partial charge is 0.310 e. The quantitative estimate of drug-likeness (QED) is 0.217. The Bertz CT molecular complexity index is 1530. The standard InChI is InChI=1S/C20H13ClF10N4S2/c21-12-1-10-17-18(11-12)35-20(33-14-4-8-16(9-5-14)37(27,28,29,30)31)19(34-17)32-13-2-6-15(7-3-13)36(22,23,24,25)26/h1-11H,(H,32,34)(H,33,35). The Balaban J connectivity index is 1.73. The molecular formula is C20H13ClF10N4S2. The molecule has 2 N–H and O–H groups in total. The highest BCUT2D eigenvalue weighted by molar-refractivity contribution is 8.46. The van der Waals surface area contributed by atoms with Crippen LogP contribution in [0.25, 0.3) is 11.0 Å². The summed E-state index contributed by atoms with van der Waals surface area (Å²) < 4.78 is 130. The van der Waals surface area contributed by atoms with E-state index in [0.29, 0.717) is 24.3 Å². The van der Waals surface area contributed by atoms with Crippen LogP contribution in [0.2, 0.25) is 5.02 Å². The van der Waals surface area contributed by atoms with E-state index in [1.165, 1.54) is 18.2 Å². The lowest BCUT2D eigenvalue weighted by Crippen LogP contribution is -2.07. The molecule has 1 heterocycles. The van der Waals surface area contributed by atoms with Crippen molar-refractivity contribution in [3.05, 3.63) is 71.8 Å². The van der Waals surface area contributed by atoms with Crippen LogP contribution >= 0.6 is 32.0 Å². The largest absolute Gasteiger partial charge is 0.337 e. The van der Waals surface area contributed by atoms with Gasteiger partial charge >= 0.3 is 20.4 Å². The van der Waals surface area contributed by atoms with E-state index in [2.05, 4.69) is 20.6 Å². The summed E-state index contributed by atoms with van der Waals surface area (Å²) in [6, 6.07) is 7.82. The lowest BCUT2D eigenvalue weighted by Gasteiger charge is -2.40. The van der Waals surface area contributed by atoms with Crippen molar-refractivity contribution >= 4 is 66.1 Å². The van der Waals surface area contributed by atoms with Gasteiger partial charge in [-0.15, -0.1) is 0 Å². The number of halogens is 11. The minimum Gasteiger partial charge on any atom is -0.337 e. The third-order valence-corrected chi connectivity index (χ3v) is 7.31. The summed E-state index contributed by atoms with van der Waals surface area (Å²) >= 11 is 5.93. The van der Waals surface area contributed by atoms with Gasteiger partial charge < -0.3 is 10.6 Å². The molecule has 37 heavy (non-hydrogen) atoms.